The minimum absolute atomic E-state index is 0.138. The molecule has 0 radical (unpaired) electrons. The number of pyridine rings is 1. The highest BCUT2D eigenvalue weighted by atomic mass is 32.2. The molecular weight excluding hydrogens is 258 g/mol. The summed E-state index contributed by atoms with van der Waals surface area (Å²) in [6.07, 6.45) is 4.92. The largest absolute Gasteiger partial charge is 0.355 e. The lowest BCUT2D eigenvalue weighted by molar-refractivity contribution is -0.118. The Labute approximate surface area is 118 Å². The van der Waals surface area contributed by atoms with Crippen LogP contribution in [0.3, 0.4) is 0 Å². The van der Waals surface area contributed by atoms with E-state index >= 15 is 0 Å². The topological polar surface area (TPSA) is 54.0 Å². The minimum Gasteiger partial charge on any atom is -0.355 e. The number of piperidine rings is 1. The predicted molar refractivity (Wildman–Crippen MR) is 79.3 cm³/mol. The van der Waals surface area contributed by atoms with Crippen molar-refractivity contribution in [2.75, 3.05) is 25.4 Å². The van der Waals surface area contributed by atoms with Gasteiger partial charge in [-0.1, -0.05) is 6.07 Å². The Balaban J connectivity index is 1.57. The second kappa shape index (κ2) is 8.17. The summed E-state index contributed by atoms with van der Waals surface area (Å²) in [7, 11) is 0. The number of nitrogens with one attached hydrogen (secondary N) is 2. The van der Waals surface area contributed by atoms with E-state index < -0.39 is 0 Å². The molecule has 1 aromatic rings. The summed E-state index contributed by atoms with van der Waals surface area (Å²) in [5, 5.41) is 6.93. The average molecular weight is 279 g/mol. The van der Waals surface area contributed by atoms with Crippen LogP contribution in [0.5, 0.6) is 0 Å². The highest BCUT2D eigenvalue weighted by Crippen LogP contribution is 2.19. The molecule has 1 amide bonds. The van der Waals surface area contributed by atoms with E-state index in [0.717, 1.165) is 25.2 Å². The number of nitrogens with zero attached hydrogens (tertiary/aromatic N) is 1. The second-order valence-electron chi connectivity index (χ2n) is 4.68. The number of hydrogen-bond donors (Lipinski definition) is 2. The first-order chi connectivity index (χ1) is 9.34. The van der Waals surface area contributed by atoms with Crippen molar-refractivity contribution in [2.45, 2.75) is 24.5 Å². The maximum Gasteiger partial charge on any atom is 0.230 e. The van der Waals surface area contributed by atoms with Crippen LogP contribution in [0, 0.1) is 0 Å². The standard InChI is InChI=1S/C14H21N3OS/c18-14(11-19-13-5-8-15-9-6-13)17-10-4-12-3-1-2-7-16-12/h1-3,7,13,15H,4-6,8-11H2,(H,17,18). The Kier molecular flexibility index (Phi) is 6.17. The van der Waals surface area contributed by atoms with Gasteiger partial charge in [0.2, 0.25) is 5.91 Å². The van der Waals surface area contributed by atoms with Crippen molar-refractivity contribution >= 4 is 17.7 Å². The number of hydrogen-bond acceptors (Lipinski definition) is 4. The van der Waals surface area contributed by atoms with Crippen LogP contribution in [0.25, 0.3) is 0 Å². The van der Waals surface area contributed by atoms with Crippen LogP contribution in [0.4, 0.5) is 0 Å². The van der Waals surface area contributed by atoms with E-state index in [9.17, 15) is 4.79 Å². The van der Waals surface area contributed by atoms with Gasteiger partial charge in [0.25, 0.3) is 0 Å². The molecule has 104 valence electrons. The molecule has 4 nitrogen and oxygen atoms in total. The summed E-state index contributed by atoms with van der Waals surface area (Å²) in [4.78, 5) is 15.9. The number of amides is 1. The molecule has 0 unspecified atom stereocenters. The summed E-state index contributed by atoms with van der Waals surface area (Å²) in [6, 6.07) is 5.85. The van der Waals surface area contributed by atoms with Crippen LogP contribution in [0.15, 0.2) is 24.4 Å². The quantitative estimate of drug-likeness (QED) is 0.822. The van der Waals surface area contributed by atoms with E-state index in [4.69, 9.17) is 0 Å². The summed E-state index contributed by atoms with van der Waals surface area (Å²) in [6.45, 7) is 2.83. The molecule has 0 aromatic carbocycles. The molecule has 1 aliphatic rings. The van der Waals surface area contributed by atoms with Gasteiger partial charge in [0.1, 0.15) is 0 Å². The van der Waals surface area contributed by atoms with Crippen molar-refractivity contribution in [3.05, 3.63) is 30.1 Å². The van der Waals surface area contributed by atoms with Crippen LogP contribution < -0.4 is 10.6 Å². The summed E-state index contributed by atoms with van der Waals surface area (Å²) in [5.41, 5.74) is 1.02. The van der Waals surface area contributed by atoms with Gasteiger partial charge in [-0.15, -0.1) is 11.8 Å². The van der Waals surface area contributed by atoms with E-state index in [0.29, 0.717) is 17.5 Å². The summed E-state index contributed by atoms with van der Waals surface area (Å²) < 4.78 is 0. The lowest BCUT2D eigenvalue weighted by atomic mass is 10.2. The number of carbonyl (C=O) groups excluding carboxylic acids is 1. The summed E-state index contributed by atoms with van der Waals surface area (Å²) in [5.74, 6) is 0.715. The molecule has 1 saturated heterocycles. The molecule has 1 aromatic heterocycles. The first-order valence-corrected chi connectivity index (χ1v) is 7.88. The highest BCUT2D eigenvalue weighted by molar-refractivity contribution is 8.00. The van der Waals surface area contributed by atoms with E-state index in [1.165, 1.54) is 12.8 Å². The Morgan fingerprint density at radius 2 is 2.26 bits per heavy atom. The van der Waals surface area contributed by atoms with Gasteiger partial charge in [0, 0.05) is 30.1 Å². The molecule has 19 heavy (non-hydrogen) atoms. The third-order valence-corrected chi connectivity index (χ3v) is 4.54. The van der Waals surface area contributed by atoms with Gasteiger partial charge in [-0.25, -0.2) is 0 Å². The Morgan fingerprint density at radius 1 is 1.42 bits per heavy atom. The number of aromatic nitrogens is 1. The highest BCUT2D eigenvalue weighted by Gasteiger charge is 2.14. The number of rotatable bonds is 6. The Hall–Kier alpha value is -1.07. The maximum absolute atomic E-state index is 11.7. The lowest BCUT2D eigenvalue weighted by Crippen LogP contribution is -2.32. The van der Waals surface area contributed by atoms with Crippen LogP contribution >= 0.6 is 11.8 Å². The van der Waals surface area contributed by atoms with E-state index in [-0.39, 0.29) is 5.91 Å². The SMILES string of the molecule is O=C(CSC1CCNCC1)NCCc1ccccn1. The van der Waals surface area contributed by atoms with Gasteiger partial charge < -0.3 is 10.6 Å². The molecule has 1 aliphatic heterocycles. The molecule has 0 atom stereocenters. The molecule has 0 saturated carbocycles. The fourth-order valence-corrected chi connectivity index (χ4v) is 3.14. The van der Waals surface area contributed by atoms with Crippen molar-refractivity contribution in [3.8, 4) is 0 Å². The third kappa shape index (κ3) is 5.61. The van der Waals surface area contributed by atoms with Gasteiger partial charge >= 0.3 is 0 Å². The van der Waals surface area contributed by atoms with Crippen molar-refractivity contribution in [1.82, 2.24) is 15.6 Å². The normalized spacial score (nSPS) is 16.2. The van der Waals surface area contributed by atoms with Crippen molar-refractivity contribution in [1.29, 1.82) is 0 Å². The predicted octanol–water partition coefficient (Wildman–Crippen LogP) is 1.23. The van der Waals surface area contributed by atoms with Gasteiger partial charge in [0.05, 0.1) is 5.75 Å². The molecule has 2 rings (SSSR count). The van der Waals surface area contributed by atoms with E-state index in [1.807, 2.05) is 18.2 Å². The molecule has 2 heterocycles. The fourth-order valence-electron chi connectivity index (χ4n) is 2.08. The van der Waals surface area contributed by atoms with E-state index in [1.54, 1.807) is 18.0 Å². The average Bonchev–Trinajstić information content (AvgIpc) is 2.47. The number of carbonyl (C=O) groups is 1. The Morgan fingerprint density at radius 3 is 3.00 bits per heavy atom. The fraction of sp³-hybridized carbons (Fsp3) is 0.571. The first-order valence-electron chi connectivity index (χ1n) is 6.83. The van der Waals surface area contributed by atoms with Crippen LogP contribution in [-0.4, -0.2) is 41.5 Å². The molecule has 2 N–H and O–H groups in total. The van der Waals surface area contributed by atoms with Crippen LogP contribution in [0.2, 0.25) is 0 Å². The maximum atomic E-state index is 11.7. The minimum atomic E-state index is 0.138. The zero-order valence-corrected chi connectivity index (χ0v) is 11.9. The molecule has 5 heteroatoms. The van der Waals surface area contributed by atoms with Crippen LogP contribution in [0.1, 0.15) is 18.5 Å². The Bertz CT molecular complexity index is 380. The van der Waals surface area contributed by atoms with Gasteiger partial charge in [-0.3, -0.25) is 9.78 Å². The molecule has 0 spiro atoms. The second-order valence-corrected chi connectivity index (χ2v) is 5.97. The smallest absolute Gasteiger partial charge is 0.230 e. The first kappa shape index (κ1) is 14.3. The van der Waals surface area contributed by atoms with Crippen molar-refractivity contribution in [2.24, 2.45) is 0 Å². The van der Waals surface area contributed by atoms with Crippen molar-refractivity contribution < 1.29 is 4.79 Å². The summed E-state index contributed by atoms with van der Waals surface area (Å²) >= 11 is 1.78. The van der Waals surface area contributed by atoms with Gasteiger partial charge in [0.15, 0.2) is 0 Å². The monoisotopic (exact) mass is 279 g/mol. The zero-order valence-electron chi connectivity index (χ0n) is 11.1. The van der Waals surface area contributed by atoms with Gasteiger partial charge in [-0.05, 0) is 38.1 Å². The molecule has 0 aliphatic carbocycles. The zero-order chi connectivity index (χ0) is 13.3. The third-order valence-electron chi connectivity index (χ3n) is 3.17. The van der Waals surface area contributed by atoms with E-state index in [2.05, 4.69) is 15.6 Å². The lowest BCUT2D eigenvalue weighted by Gasteiger charge is -2.21. The number of thioether (sulfide) groups is 1. The van der Waals surface area contributed by atoms with Crippen LogP contribution in [-0.2, 0) is 11.2 Å². The molecular formula is C14H21N3OS. The van der Waals surface area contributed by atoms with Gasteiger partial charge in [-0.2, -0.15) is 0 Å². The van der Waals surface area contributed by atoms with Crippen molar-refractivity contribution in [3.63, 3.8) is 0 Å². The molecule has 1 fully saturated rings. The molecule has 0 bridgehead atoms.